The molecule has 1 fully saturated rings. The number of anilines is 2. The van der Waals surface area contributed by atoms with Crippen molar-refractivity contribution in [3.8, 4) is 0 Å². The third-order valence-electron chi connectivity index (χ3n) is 12.4. The van der Waals surface area contributed by atoms with Crippen molar-refractivity contribution in [3.05, 3.63) is 141 Å². The molecule has 13 heteroatoms. The first kappa shape index (κ1) is 43.5. The zero-order chi connectivity index (χ0) is 43.2. The number of hydrogen-bond acceptors (Lipinski definition) is 9. The van der Waals surface area contributed by atoms with Crippen LogP contribution in [-0.4, -0.2) is 94.9 Å². The molecular weight excluding hydrogens is 773 g/mol. The van der Waals surface area contributed by atoms with E-state index in [9.17, 15) is 9.18 Å². The van der Waals surface area contributed by atoms with Crippen LogP contribution < -0.4 is 16.4 Å². The van der Waals surface area contributed by atoms with E-state index in [2.05, 4.69) is 57.5 Å². The third kappa shape index (κ3) is 10.1. The summed E-state index contributed by atoms with van der Waals surface area (Å²) in [5.74, 6) is -0.611. The lowest BCUT2D eigenvalue weighted by Crippen LogP contribution is -2.38. The molecule has 4 aromatic rings. The standard InChI is InChI=1S/C48H59F2N9O2/c1-31(24-43-33(3)53-16-10-46(43)54-15-9-39(52-5)14-22-61-6)34(4)57-19-13-36(28-57)47-32(2)23-37(25-45(47)50)48(60)58-20-21-59-41(30-58)27-40(55-59)29-56-17-11-35(12-18-56)42-8-7-38(51)26-44(42)49/h7-10,13-16,23-27,34-35,52H,11-12,17-22,28-30,51H2,1-6H3,(H,53,54)/b15-9-,31-24+,39-14+. The van der Waals surface area contributed by atoms with Crippen LogP contribution in [0.2, 0.25) is 0 Å². The molecule has 0 aliphatic carbocycles. The van der Waals surface area contributed by atoms with Crippen LogP contribution in [0.5, 0.6) is 0 Å². The number of nitrogens with one attached hydrogen (secondary N) is 2. The second-order valence-electron chi connectivity index (χ2n) is 16.5. The summed E-state index contributed by atoms with van der Waals surface area (Å²) in [5.41, 5.74) is 16.4. The zero-order valence-corrected chi connectivity index (χ0v) is 36.3. The molecule has 3 aliphatic rings. The quantitative estimate of drug-likeness (QED) is 0.0871. The number of aromatic nitrogens is 3. The normalized spacial score (nSPS) is 17.5. The number of piperidine rings is 1. The summed E-state index contributed by atoms with van der Waals surface area (Å²) >= 11 is 0. The van der Waals surface area contributed by atoms with E-state index in [0.29, 0.717) is 62.7 Å². The maximum atomic E-state index is 16.1. The van der Waals surface area contributed by atoms with Crippen molar-refractivity contribution < 1.29 is 18.3 Å². The molecule has 0 radical (unpaired) electrons. The predicted octanol–water partition coefficient (Wildman–Crippen LogP) is 7.66. The van der Waals surface area contributed by atoms with Gasteiger partial charge in [0.05, 0.1) is 31.1 Å². The Labute approximate surface area is 358 Å². The van der Waals surface area contributed by atoms with Gasteiger partial charge in [-0.05, 0) is 125 Å². The van der Waals surface area contributed by atoms with Crippen LogP contribution in [0, 0.1) is 25.5 Å². The summed E-state index contributed by atoms with van der Waals surface area (Å²) in [7, 11) is 3.54. The van der Waals surface area contributed by atoms with Gasteiger partial charge in [-0.1, -0.05) is 23.8 Å². The van der Waals surface area contributed by atoms with Crippen molar-refractivity contribution in [1.29, 1.82) is 0 Å². The lowest BCUT2D eigenvalue weighted by molar-refractivity contribution is 0.0705. The largest absolute Gasteiger partial charge is 0.399 e. The third-order valence-corrected chi connectivity index (χ3v) is 12.4. The number of allylic oxidation sites excluding steroid dienone is 1. The first-order valence-electron chi connectivity index (χ1n) is 21.2. The number of carbonyl (C=O) groups excluding carboxylic acids is 1. The highest BCUT2D eigenvalue weighted by Crippen LogP contribution is 2.33. The van der Waals surface area contributed by atoms with Crippen LogP contribution in [0.25, 0.3) is 11.6 Å². The van der Waals surface area contributed by atoms with Gasteiger partial charge in [-0.3, -0.25) is 24.3 Å². The number of nitrogen functional groups attached to an aromatic ring is 1. The molecule has 3 aliphatic heterocycles. The molecule has 2 aromatic carbocycles. The second-order valence-corrected chi connectivity index (χ2v) is 16.5. The summed E-state index contributed by atoms with van der Waals surface area (Å²) in [5, 5.41) is 11.4. The Kier molecular flexibility index (Phi) is 13.8. The number of pyridine rings is 1. The minimum Gasteiger partial charge on any atom is -0.399 e. The maximum absolute atomic E-state index is 16.1. The fourth-order valence-electron chi connectivity index (χ4n) is 8.76. The molecule has 61 heavy (non-hydrogen) atoms. The van der Waals surface area contributed by atoms with Gasteiger partial charge >= 0.3 is 0 Å². The van der Waals surface area contributed by atoms with Gasteiger partial charge in [0.25, 0.3) is 5.91 Å². The number of nitrogens with zero attached hydrogens (tertiary/aromatic N) is 6. The molecule has 4 N–H and O–H groups in total. The molecule has 0 saturated carbocycles. The average molecular weight is 832 g/mol. The van der Waals surface area contributed by atoms with E-state index < -0.39 is 0 Å². The van der Waals surface area contributed by atoms with Gasteiger partial charge in [-0.25, -0.2) is 8.78 Å². The van der Waals surface area contributed by atoms with Crippen molar-refractivity contribution in [1.82, 2.24) is 34.8 Å². The van der Waals surface area contributed by atoms with E-state index in [1.165, 1.54) is 12.1 Å². The summed E-state index contributed by atoms with van der Waals surface area (Å²) in [6.45, 7) is 13.9. The van der Waals surface area contributed by atoms with Crippen LogP contribution >= 0.6 is 0 Å². The molecule has 11 nitrogen and oxygen atoms in total. The summed E-state index contributed by atoms with van der Waals surface area (Å²) < 4.78 is 37.8. The number of rotatable bonds is 14. The molecule has 1 saturated heterocycles. The molecule has 1 unspecified atom stereocenters. The van der Waals surface area contributed by atoms with Gasteiger partial charge in [-0.15, -0.1) is 0 Å². The molecule has 1 atom stereocenters. The van der Waals surface area contributed by atoms with Gasteiger partial charge in [0, 0.05) is 98.2 Å². The Morgan fingerprint density at radius 3 is 2.59 bits per heavy atom. The number of hydrogen-bond donors (Lipinski definition) is 3. The van der Waals surface area contributed by atoms with Gasteiger partial charge in [-0.2, -0.15) is 5.10 Å². The molecule has 2 aromatic heterocycles. The van der Waals surface area contributed by atoms with E-state index in [1.807, 2.05) is 62.1 Å². The van der Waals surface area contributed by atoms with E-state index >= 15 is 4.39 Å². The molecule has 0 bridgehead atoms. The van der Waals surface area contributed by atoms with E-state index in [1.54, 1.807) is 24.3 Å². The highest BCUT2D eigenvalue weighted by molar-refractivity contribution is 5.95. The van der Waals surface area contributed by atoms with Crippen molar-refractivity contribution in [2.75, 3.05) is 64.5 Å². The Balaban J connectivity index is 0.949. The number of benzene rings is 2. The summed E-state index contributed by atoms with van der Waals surface area (Å²) in [6, 6.07) is 12.4. The number of aryl methyl sites for hydroxylation is 2. The Morgan fingerprint density at radius 2 is 1.85 bits per heavy atom. The first-order valence-corrected chi connectivity index (χ1v) is 21.2. The van der Waals surface area contributed by atoms with Crippen LogP contribution in [0.15, 0.2) is 84.4 Å². The van der Waals surface area contributed by atoms with Crippen molar-refractivity contribution >= 4 is 28.9 Å². The van der Waals surface area contributed by atoms with Crippen molar-refractivity contribution in [2.24, 2.45) is 0 Å². The van der Waals surface area contributed by atoms with E-state index in [4.69, 9.17) is 15.6 Å². The first-order chi connectivity index (χ1) is 29.4. The SMILES string of the molecule is CNC(/C=C\Nc1ccnc(C)c1/C=C(\C)C(C)N1CC=C(c2c(C)cc(C(=O)N3CCn4nc(CN5CCC(c6ccc(N)cc6F)CC5)cc4C3)cc2F)C1)=C/COC. The molecule has 322 valence electrons. The Morgan fingerprint density at radius 1 is 1.05 bits per heavy atom. The smallest absolute Gasteiger partial charge is 0.254 e. The minimum absolute atomic E-state index is 0.0837. The number of halogens is 2. The number of likely N-dealkylation sites (tertiary alicyclic amines) is 1. The molecule has 0 spiro atoms. The number of amides is 1. The Bertz CT molecular complexity index is 2340. The fourth-order valence-corrected chi connectivity index (χ4v) is 8.76. The molecule has 1 amide bonds. The monoisotopic (exact) mass is 831 g/mol. The fraction of sp³-hybridized carbons (Fsp3) is 0.396. The summed E-state index contributed by atoms with van der Waals surface area (Å²) in [6.07, 6.45) is 13.6. The van der Waals surface area contributed by atoms with Gasteiger partial charge in [0.1, 0.15) is 11.6 Å². The van der Waals surface area contributed by atoms with Crippen LogP contribution in [0.4, 0.5) is 20.2 Å². The molecule has 5 heterocycles. The number of nitrogens with two attached hydrogens (primary N) is 1. The second kappa shape index (κ2) is 19.4. The average Bonchev–Trinajstić information content (AvgIpc) is 3.89. The number of methoxy groups -OCH3 is 1. The number of carbonyl (C=O) groups is 1. The van der Waals surface area contributed by atoms with Gasteiger partial charge < -0.3 is 26.0 Å². The lowest BCUT2D eigenvalue weighted by Gasteiger charge is -2.31. The highest BCUT2D eigenvalue weighted by atomic mass is 19.1. The van der Waals surface area contributed by atoms with Crippen molar-refractivity contribution in [3.63, 3.8) is 0 Å². The van der Waals surface area contributed by atoms with Crippen LogP contribution in [0.3, 0.4) is 0 Å². The molecule has 7 rings (SSSR count). The minimum atomic E-state index is -0.378. The maximum Gasteiger partial charge on any atom is 0.254 e. The van der Waals surface area contributed by atoms with Crippen LogP contribution in [0.1, 0.15) is 82.3 Å². The number of ether oxygens (including phenoxy) is 1. The van der Waals surface area contributed by atoms with Gasteiger partial charge in [0.2, 0.25) is 0 Å². The predicted molar refractivity (Wildman–Crippen MR) is 240 cm³/mol. The number of likely N-dealkylation sites (N-methyl/N-ethyl adjacent to an activating group) is 1. The number of fused-ring (bicyclic) bond motifs is 1. The van der Waals surface area contributed by atoms with Crippen molar-refractivity contribution in [2.45, 2.75) is 72.1 Å². The lowest BCUT2D eigenvalue weighted by atomic mass is 9.89. The summed E-state index contributed by atoms with van der Waals surface area (Å²) in [4.78, 5) is 24.9. The van der Waals surface area contributed by atoms with E-state index in [-0.39, 0.29) is 29.5 Å². The van der Waals surface area contributed by atoms with Gasteiger partial charge in [0.15, 0.2) is 0 Å². The topological polar surface area (TPSA) is 117 Å². The Hall–Kier alpha value is -5.63. The van der Waals surface area contributed by atoms with Crippen LogP contribution in [-0.2, 0) is 24.4 Å². The van der Waals surface area contributed by atoms with E-state index in [0.717, 1.165) is 82.2 Å². The zero-order valence-electron chi connectivity index (χ0n) is 36.3. The highest BCUT2D eigenvalue weighted by Gasteiger charge is 2.29. The molecular formula is C48H59F2N9O2.